The second kappa shape index (κ2) is 8.68. The molecule has 0 spiro atoms. The van der Waals surface area contributed by atoms with Crippen LogP contribution in [0.15, 0.2) is 30.3 Å². The smallest absolute Gasteiger partial charge is 0.122 e. The quantitative estimate of drug-likeness (QED) is 0.787. The molecule has 1 fully saturated rings. The molecule has 1 N–H and O–H groups in total. The molecule has 0 radical (unpaired) electrons. The zero-order valence-corrected chi connectivity index (χ0v) is 16.6. The highest BCUT2D eigenvalue weighted by atomic mass is 16.5. The Balaban J connectivity index is 1.73. The zero-order chi connectivity index (χ0) is 18.5. The van der Waals surface area contributed by atoms with Crippen LogP contribution in [0.25, 0.3) is 11.1 Å². The van der Waals surface area contributed by atoms with Gasteiger partial charge in [-0.2, -0.15) is 0 Å². The standard InChI is InChI=1S/C23H32N2O/c1-16-13-21(14-17(2)25-16)19-9-12-23(26-4)20(15-19)8-5-18-6-10-22(24-3)11-7-18/h9,12-15,18,22,24H,5-8,10-11H2,1-4H3. The molecular formula is C23H32N2O. The molecule has 26 heavy (non-hydrogen) atoms. The molecule has 3 rings (SSSR count). The molecule has 1 aliphatic rings. The lowest BCUT2D eigenvalue weighted by Crippen LogP contribution is -2.30. The van der Waals surface area contributed by atoms with Gasteiger partial charge in [-0.1, -0.05) is 6.07 Å². The van der Waals surface area contributed by atoms with Crippen molar-refractivity contribution in [3.63, 3.8) is 0 Å². The summed E-state index contributed by atoms with van der Waals surface area (Å²) in [6.07, 6.45) is 7.66. The van der Waals surface area contributed by atoms with Gasteiger partial charge in [-0.05, 0) is 106 Å². The Kier molecular flexibility index (Phi) is 6.31. The Bertz CT molecular complexity index is 713. The van der Waals surface area contributed by atoms with Crippen LogP contribution in [0.5, 0.6) is 5.75 Å². The number of nitrogens with one attached hydrogen (secondary N) is 1. The summed E-state index contributed by atoms with van der Waals surface area (Å²) < 4.78 is 5.64. The van der Waals surface area contributed by atoms with Gasteiger partial charge < -0.3 is 10.1 Å². The first-order chi connectivity index (χ1) is 12.6. The van der Waals surface area contributed by atoms with Crippen molar-refractivity contribution < 1.29 is 4.74 Å². The fraction of sp³-hybridized carbons (Fsp3) is 0.522. The van der Waals surface area contributed by atoms with E-state index in [1.165, 1.54) is 48.8 Å². The van der Waals surface area contributed by atoms with Crippen LogP contribution >= 0.6 is 0 Å². The lowest BCUT2D eigenvalue weighted by molar-refractivity contribution is 0.288. The van der Waals surface area contributed by atoms with Gasteiger partial charge in [-0.25, -0.2) is 0 Å². The summed E-state index contributed by atoms with van der Waals surface area (Å²) in [5.74, 6) is 1.86. The van der Waals surface area contributed by atoms with Gasteiger partial charge in [-0.15, -0.1) is 0 Å². The highest BCUT2D eigenvalue weighted by Crippen LogP contribution is 2.32. The van der Waals surface area contributed by atoms with Gasteiger partial charge in [0.25, 0.3) is 0 Å². The molecule has 0 atom stereocenters. The molecular weight excluding hydrogens is 320 g/mol. The normalized spacial score (nSPS) is 20.2. The molecule has 0 amide bonds. The lowest BCUT2D eigenvalue weighted by Gasteiger charge is -2.28. The number of benzene rings is 1. The molecule has 1 aromatic heterocycles. The molecule has 0 unspecified atom stereocenters. The summed E-state index contributed by atoms with van der Waals surface area (Å²) in [4.78, 5) is 4.50. The molecule has 1 aliphatic carbocycles. The van der Waals surface area contributed by atoms with Crippen molar-refractivity contribution in [3.8, 4) is 16.9 Å². The predicted molar refractivity (Wildman–Crippen MR) is 109 cm³/mol. The Labute approximate surface area is 158 Å². The van der Waals surface area contributed by atoms with E-state index in [9.17, 15) is 0 Å². The van der Waals surface area contributed by atoms with E-state index in [4.69, 9.17) is 4.74 Å². The third kappa shape index (κ3) is 4.64. The summed E-state index contributed by atoms with van der Waals surface area (Å²) >= 11 is 0. The third-order valence-corrected chi connectivity index (χ3v) is 5.77. The van der Waals surface area contributed by atoms with Crippen LogP contribution < -0.4 is 10.1 Å². The Morgan fingerprint density at radius 2 is 1.69 bits per heavy atom. The molecule has 3 nitrogen and oxygen atoms in total. The van der Waals surface area contributed by atoms with E-state index in [1.807, 2.05) is 0 Å². The van der Waals surface area contributed by atoms with Crippen molar-refractivity contribution in [1.82, 2.24) is 10.3 Å². The van der Waals surface area contributed by atoms with Crippen molar-refractivity contribution >= 4 is 0 Å². The van der Waals surface area contributed by atoms with Crippen molar-refractivity contribution in [3.05, 3.63) is 47.3 Å². The lowest BCUT2D eigenvalue weighted by atomic mass is 9.82. The van der Waals surface area contributed by atoms with Crippen LogP contribution in [0.1, 0.15) is 49.1 Å². The average Bonchev–Trinajstić information content (AvgIpc) is 2.65. The fourth-order valence-corrected chi connectivity index (χ4v) is 4.25. The number of pyridine rings is 1. The number of nitrogens with zero attached hydrogens (tertiary/aromatic N) is 1. The summed E-state index contributed by atoms with van der Waals surface area (Å²) in [7, 11) is 3.86. The summed E-state index contributed by atoms with van der Waals surface area (Å²) in [5, 5.41) is 3.43. The molecule has 1 heterocycles. The van der Waals surface area contributed by atoms with Crippen LogP contribution in [-0.4, -0.2) is 25.2 Å². The molecule has 1 aromatic carbocycles. The molecule has 0 saturated heterocycles. The Hall–Kier alpha value is -1.87. The topological polar surface area (TPSA) is 34.2 Å². The maximum absolute atomic E-state index is 5.64. The highest BCUT2D eigenvalue weighted by molar-refractivity contribution is 5.66. The van der Waals surface area contributed by atoms with Crippen molar-refractivity contribution in [2.75, 3.05) is 14.2 Å². The van der Waals surface area contributed by atoms with Gasteiger partial charge in [0.2, 0.25) is 0 Å². The van der Waals surface area contributed by atoms with Crippen LogP contribution in [0.4, 0.5) is 0 Å². The van der Waals surface area contributed by atoms with Gasteiger partial charge in [0, 0.05) is 17.4 Å². The summed E-state index contributed by atoms with van der Waals surface area (Å²) in [6.45, 7) is 4.12. The average molecular weight is 353 g/mol. The van der Waals surface area contributed by atoms with E-state index < -0.39 is 0 Å². The van der Waals surface area contributed by atoms with E-state index in [2.05, 4.69) is 61.5 Å². The number of hydrogen-bond acceptors (Lipinski definition) is 3. The molecule has 2 aromatic rings. The minimum atomic E-state index is 0.724. The van der Waals surface area contributed by atoms with Crippen LogP contribution in [0, 0.1) is 19.8 Å². The zero-order valence-electron chi connectivity index (χ0n) is 16.6. The predicted octanol–water partition coefficient (Wildman–Crippen LogP) is 5.08. The van der Waals surface area contributed by atoms with E-state index in [1.54, 1.807) is 7.11 Å². The second-order valence-corrected chi connectivity index (χ2v) is 7.71. The number of ether oxygens (including phenoxy) is 1. The minimum Gasteiger partial charge on any atom is -0.496 e. The van der Waals surface area contributed by atoms with Crippen molar-refractivity contribution in [2.45, 2.75) is 58.4 Å². The highest BCUT2D eigenvalue weighted by Gasteiger charge is 2.20. The van der Waals surface area contributed by atoms with Crippen LogP contribution in [-0.2, 0) is 6.42 Å². The van der Waals surface area contributed by atoms with Gasteiger partial charge >= 0.3 is 0 Å². The summed E-state index contributed by atoms with van der Waals surface area (Å²) in [5.41, 5.74) is 5.96. The van der Waals surface area contributed by atoms with Crippen molar-refractivity contribution in [1.29, 1.82) is 0 Å². The first-order valence-electron chi connectivity index (χ1n) is 9.89. The second-order valence-electron chi connectivity index (χ2n) is 7.71. The first-order valence-corrected chi connectivity index (χ1v) is 9.89. The first kappa shape index (κ1) is 18.9. The van der Waals surface area contributed by atoms with Gasteiger partial charge in [0.1, 0.15) is 5.75 Å². The number of aromatic nitrogens is 1. The van der Waals surface area contributed by atoms with E-state index >= 15 is 0 Å². The Morgan fingerprint density at radius 1 is 1.00 bits per heavy atom. The minimum absolute atomic E-state index is 0.724. The molecule has 3 heteroatoms. The van der Waals surface area contributed by atoms with E-state index in [0.717, 1.165) is 35.5 Å². The number of rotatable bonds is 6. The number of aryl methyl sites for hydroxylation is 3. The van der Waals surface area contributed by atoms with Gasteiger partial charge in [0.15, 0.2) is 0 Å². The largest absolute Gasteiger partial charge is 0.496 e. The summed E-state index contributed by atoms with van der Waals surface area (Å²) in [6, 6.07) is 11.6. The van der Waals surface area contributed by atoms with Crippen LogP contribution in [0.3, 0.4) is 0 Å². The molecule has 0 aliphatic heterocycles. The monoisotopic (exact) mass is 352 g/mol. The van der Waals surface area contributed by atoms with Gasteiger partial charge in [-0.3, -0.25) is 4.98 Å². The third-order valence-electron chi connectivity index (χ3n) is 5.77. The van der Waals surface area contributed by atoms with Crippen LogP contribution in [0.2, 0.25) is 0 Å². The van der Waals surface area contributed by atoms with Crippen molar-refractivity contribution in [2.24, 2.45) is 5.92 Å². The SMILES string of the molecule is CNC1CCC(CCc2cc(-c3cc(C)nc(C)c3)ccc2OC)CC1. The fourth-order valence-electron chi connectivity index (χ4n) is 4.25. The van der Waals surface area contributed by atoms with E-state index in [0.29, 0.717) is 0 Å². The van der Waals surface area contributed by atoms with E-state index in [-0.39, 0.29) is 0 Å². The molecule has 0 bridgehead atoms. The number of hydrogen-bond donors (Lipinski definition) is 1. The van der Waals surface area contributed by atoms with Gasteiger partial charge in [0.05, 0.1) is 7.11 Å². The maximum atomic E-state index is 5.64. The number of methoxy groups -OCH3 is 1. The molecule has 140 valence electrons. The molecule has 1 saturated carbocycles. The Morgan fingerprint density at radius 3 is 2.31 bits per heavy atom. The maximum Gasteiger partial charge on any atom is 0.122 e.